The lowest BCUT2D eigenvalue weighted by molar-refractivity contribution is -0.0103. The van der Waals surface area contributed by atoms with E-state index >= 15 is 0 Å². The van der Waals surface area contributed by atoms with Crippen molar-refractivity contribution in [3.8, 4) is 0 Å². The molecule has 0 bridgehead atoms. The minimum atomic E-state index is -3.59. The molecule has 1 aliphatic heterocycles. The van der Waals surface area contributed by atoms with Gasteiger partial charge < -0.3 is 9.84 Å². The lowest BCUT2D eigenvalue weighted by atomic mass is 9.81. The number of carbonyl (C=O) groups is 1. The number of carboxylic acid groups (broad SMARTS) is 1. The van der Waals surface area contributed by atoms with E-state index in [0.717, 1.165) is 6.54 Å². The number of ether oxygens (including phenoxy) is 1. The molecule has 1 aliphatic carbocycles. The molecule has 1 aromatic carbocycles. The fraction of sp³-hybridized carbons (Fsp3) is 0.611. The molecule has 2 fully saturated rings. The number of methoxy groups -OCH3 is 1. The van der Waals surface area contributed by atoms with Crippen LogP contribution in [0.1, 0.15) is 29.6 Å². The zero-order valence-corrected chi connectivity index (χ0v) is 15.8. The van der Waals surface area contributed by atoms with Crippen molar-refractivity contribution in [3.63, 3.8) is 0 Å². The van der Waals surface area contributed by atoms with E-state index < -0.39 is 16.0 Å². The number of carboxylic acids is 1. The molecule has 26 heavy (non-hydrogen) atoms. The third kappa shape index (κ3) is 4.09. The third-order valence-electron chi connectivity index (χ3n) is 5.49. The summed E-state index contributed by atoms with van der Waals surface area (Å²) in [5.41, 5.74) is 0.0790. The van der Waals surface area contributed by atoms with Gasteiger partial charge in [0.05, 0.1) is 16.6 Å². The van der Waals surface area contributed by atoms with Crippen molar-refractivity contribution in [2.45, 2.75) is 30.3 Å². The van der Waals surface area contributed by atoms with Crippen LogP contribution < -0.4 is 0 Å². The highest BCUT2D eigenvalue weighted by Gasteiger charge is 2.32. The molecule has 8 heteroatoms. The summed E-state index contributed by atoms with van der Waals surface area (Å²) in [5.74, 6) is -0.434. The van der Waals surface area contributed by atoms with Gasteiger partial charge in [0.15, 0.2) is 0 Å². The van der Waals surface area contributed by atoms with Crippen LogP contribution in [0.3, 0.4) is 0 Å². The SMILES string of the molecule is COC(CN1CCN(S(=O)(=O)c2ccc(C(=O)O)cc2)CC1)C1CCC1. The third-order valence-corrected chi connectivity index (χ3v) is 7.40. The van der Waals surface area contributed by atoms with Crippen LogP contribution in [0, 0.1) is 5.92 Å². The van der Waals surface area contributed by atoms with Crippen molar-refractivity contribution >= 4 is 16.0 Å². The van der Waals surface area contributed by atoms with E-state index in [1.807, 2.05) is 0 Å². The monoisotopic (exact) mass is 382 g/mol. The molecule has 1 atom stereocenters. The molecule has 1 N–H and O–H groups in total. The van der Waals surface area contributed by atoms with Gasteiger partial charge in [-0.2, -0.15) is 4.31 Å². The van der Waals surface area contributed by atoms with Crippen LogP contribution in [0.15, 0.2) is 29.2 Å². The summed E-state index contributed by atoms with van der Waals surface area (Å²) in [5, 5.41) is 8.93. The maximum Gasteiger partial charge on any atom is 0.335 e. The molecule has 1 heterocycles. The van der Waals surface area contributed by atoms with Gasteiger partial charge in [0, 0.05) is 39.8 Å². The van der Waals surface area contributed by atoms with E-state index in [4.69, 9.17) is 9.84 Å². The van der Waals surface area contributed by atoms with Crippen molar-refractivity contribution in [2.24, 2.45) is 5.92 Å². The zero-order chi connectivity index (χ0) is 18.7. The quantitative estimate of drug-likeness (QED) is 0.769. The summed E-state index contributed by atoms with van der Waals surface area (Å²) in [6.45, 7) is 3.08. The lowest BCUT2D eigenvalue weighted by Gasteiger charge is -2.39. The van der Waals surface area contributed by atoms with Crippen molar-refractivity contribution < 1.29 is 23.1 Å². The van der Waals surface area contributed by atoms with Gasteiger partial charge in [0.25, 0.3) is 0 Å². The van der Waals surface area contributed by atoms with E-state index in [2.05, 4.69) is 4.90 Å². The highest BCUT2D eigenvalue weighted by Crippen LogP contribution is 2.31. The molecule has 3 rings (SSSR count). The molecule has 0 amide bonds. The molecular formula is C18H26N2O5S. The highest BCUT2D eigenvalue weighted by molar-refractivity contribution is 7.89. The van der Waals surface area contributed by atoms with E-state index in [9.17, 15) is 13.2 Å². The van der Waals surface area contributed by atoms with Crippen molar-refractivity contribution in [3.05, 3.63) is 29.8 Å². The second kappa shape index (κ2) is 8.04. The normalized spacial score (nSPS) is 21.3. The largest absolute Gasteiger partial charge is 0.478 e. The summed E-state index contributed by atoms with van der Waals surface area (Å²) >= 11 is 0. The van der Waals surface area contributed by atoms with Crippen LogP contribution in [0.5, 0.6) is 0 Å². The number of rotatable bonds is 7. The summed E-state index contributed by atoms with van der Waals surface area (Å²) < 4.78 is 32.6. The van der Waals surface area contributed by atoms with Gasteiger partial charge in [-0.3, -0.25) is 4.90 Å². The fourth-order valence-electron chi connectivity index (χ4n) is 3.55. The molecule has 0 spiro atoms. The fourth-order valence-corrected chi connectivity index (χ4v) is 4.98. The first kappa shape index (κ1) is 19.3. The van der Waals surface area contributed by atoms with Crippen LogP contribution >= 0.6 is 0 Å². The molecule has 1 aromatic rings. The summed E-state index contributed by atoms with van der Waals surface area (Å²) in [6.07, 6.45) is 3.95. The smallest absolute Gasteiger partial charge is 0.335 e. The minimum Gasteiger partial charge on any atom is -0.478 e. The Bertz CT molecular complexity index is 722. The Morgan fingerprint density at radius 2 is 1.81 bits per heavy atom. The standard InChI is InChI=1S/C18H26N2O5S/c1-25-17(14-3-2-4-14)13-19-9-11-20(12-10-19)26(23,24)16-7-5-15(6-8-16)18(21)22/h5-8,14,17H,2-4,9-13H2,1H3,(H,21,22). The van der Waals surface area contributed by atoms with Gasteiger partial charge in [-0.15, -0.1) is 0 Å². The number of hydrogen-bond donors (Lipinski definition) is 1. The van der Waals surface area contributed by atoms with E-state index in [1.165, 1.54) is 47.8 Å². The molecule has 144 valence electrons. The Labute approximate surface area is 154 Å². The van der Waals surface area contributed by atoms with Gasteiger partial charge in [-0.1, -0.05) is 6.42 Å². The number of benzene rings is 1. The molecule has 2 aliphatic rings. The predicted molar refractivity (Wildman–Crippen MR) is 96.7 cm³/mol. The van der Waals surface area contributed by atoms with Crippen molar-refractivity contribution in [1.29, 1.82) is 0 Å². The van der Waals surface area contributed by atoms with Gasteiger partial charge in [-0.05, 0) is 43.0 Å². The molecular weight excluding hydrogens is 356 g/mol. The molecule has 1 saturated heterocycles. The van der Waals surface area contributed by atoms with Gasteiger partial charge in [-0.25, -0.2) is 13.2 Å². The van der Waals surface area contributed by atoms with Crippen LogP contribution in [-0.4, -0.2) is 74.6 Å². The van der Waals surface area contributed by atoms with Gasteiger partial charge in [0.2, 0.25) is 10.0 Å². The van der Waals surface area contributed by atoms with E-state index in [1.54, 1.807) is 7.11 Å². The second-order valence-electron chi connectivity index (χ2n) is 7.00. The Balaban J connectivity index is 1.58. The molecule has 1 saturated carbocycles. The average molecular weight is 382 g/mol. The Kier molecular flexibility index (Phi) is 5.96. The number of aromatic carboxylic acids is 1. The van der Waals surface area contributed by atoms with Crippen LogP contribution in [-0.2, 0) is 14.8 Å². The highest BCUT2D eigenvalue weighted by atomic mass is 32.2. The topological polar surface area (TPSA) is 87.2 Å². The van der Waals surface area contributed by atoms with Crippen LogP contribution in [0.2, 0.25) is 0 Å². The molecule has 7 nitrogen and oxygen atoms in total. The zero-order valence-electron chi connectivity index (χ0n) is 15.0. The van der Waals surface area contributed by atoms with Crippen molar-refractivity contribution in [2.75, 3.05) is 39.8 Å². The van der Waals surface area contributed by atoms with Crippen LogP contribution in [0.25, 0.3) is 0 Å². The Hall–Kier alpha value is -1.48. The van der Waals surface area contributed by atoms with Gasteiger partial charge in [0.1, 0.15) is 0 Å². The average Bonchev–Trinajstić information content (AvgIpc) is 2.60. The molecule has 1 unspecified atom stereocenters. The predicted octanol–water partition coefficient (Wildman–Crippen LogP) is 1.51. The number of nitrogens with zero attached hydrogens (tertiary/aromatic N) is 2. The van der Waals surface area contributed by atoms with Crippen LogP contribution in [0.4, 0.5) is 0 Å². The summed E-state index contributed by atoms with van der Waals surface area (Å²) in [6, 6.07) is 5.38. The first-order chi connectivity index (χ1) is 12.4. The lowest BCUT2D eigenvalue weighted by Crippen LogP contribution is -2.51. The number of sulfonamides is 1. The maximum atomic E-state index is 12.8. The summed E-state index contributed by atoms with van der Waals surface area (Å²) in [4.78, 5) is 13.3. The second-order valence-corrected chi connectivity index (χ2v) is 8.94. The number of hydrogen-bond acceptors (Lipinski definition) is 5. The van der Waals surface area contributed by atoms with E-state index in [0.29, 0.717) is 32.1 Å². The summed E-state index contributed by atoms with van der Waals surface area (Å²) in [7, 11) is -1.83. The van der Waals surface area contributed by atoms with Gasteiger partial charge >= 0.3 is 5.97 Å². The molecule has 0 radical (unpaired) electrons. The molecule has 0 aromatic heterocycles. The van der Waals surface area contributed by atoms with Crippen molar-refractivity contribution in [1.82, 2.24) is 9.21 Å². The van der Waals surface area contributed by atoms with E-state index in [-0.39, 0.29) is 16.6 Å². The minimum absolute atomic E-state index is 0.0790. The maximum absolute atomic E-state index is 12.8. The number of piperazine rings is 1. The Morgan fingerprint density at radius 1 is 1.19 bits per heavy atom. The first-order valence-electron chi connectivity index (χ1n) is 9.00. The Morgan fingerprint density at radius 3 is 2.27 bits per heavy atom. The first-order valence-corrected chi connectivity index (χ1v) is 10.4.